The molecular weight excluding hydrogens is 220 g/mol. The highest BCUT2D eigenvalue weighted by atomic mass is 16.5. The van der Waals surface area contributed by atoms with E-state index in [9.17, 15) is 4.79 Å². The molecule has 0 spiro atoms. The number of ether oxygens (including phenoxy) is 2. The van der Waals surface area contributed by atoms with Gasteiger partial charge >= 0.3 is 5.97 Å². The number of hydrogen-bond acceptors (Lipinski definition) is 3. The molecule has 0 atom stereocenters. The minimum absolute atomic E-state index is 0.284. The number of fused-ring (bicyclic) bond motifs is 1. The second kappa shape index (κ2) is 5.01. The molecule has 0 saturated heterocycles. The second-order valence-corrected chi connectivity index (χ2v) is 3.86. The second-order valence-electron chi connectivity index (χ2n) is 3.86. The summed E-state index contributed by atoms with van der Waals surface area (Å²) >= 11 is 0. The molecule has 17 heavy (non-hydrogen) atoms. The number of carboxylic acid groups (broad SMARTS) is 1. The summed E-state index contributed by atoms with van der Waals surface area (Å²) in [5.74, 6) is -0.0744. The third-order valence-electron chi connectivity index (χ3n) is 2.66. The minimum atomic E-state index is -0.964. The third-order valence-corrected chi connectivity index (χ3v) is 2.66. The predicted molar refractivity (Wildman–Crippen MR) is 63.1 cm³/mol. The van der Waals surface area contributed by atoms with Gasteiger partial charge in [0.2, 0.25) is 0 Å². The Labute approximate surface area is 99.5 Å². The van der Waals surface area contributed by atoms with Crippen molar-refractivity contribution in [3.63, 3.8) is 0 Å². The van der Waals surface area contributed by atoms with Crippen LogP contribution < -0.4 is 4.74 Å². The molecule has 0 fully saturated rings. The van der Waals surface area contributed by atoms with Crippen LogP contribution in [0.25, 0.3) is 5.57 Å². The van der Waals surface area contributed by atoms with Gasteiger partial charge in [0.05, 0.1) is 13.2 Å². The smallest absolute Gasteiger partial charge is 0.328 e. The van der Waals surface area contributed by atoms with Crippen molar-refractivity contribution in [3.05, 3.63) is 35.4 Å². The van der Waals surface area contributed by atoms with E-state index in [2.05, 4.69) is 0 Å². The Bertz CT molecular complexity index is 462. The molecule has 0 bridgehead atoms. The van der Waals surface area contributed by atoms with Gasteiger partial charge in [0.25, 0.3) is 0 Å². The number of aliphatic carboxylic acids is 1. The van der Waals surface area contributed by atoms with Gasteiger partial charge in [-0.2, -0.15) is 0 Å². The van der Waals surface area contributed by atoms with Gasteiger partial charge in [-0.15, -0.1) is 0 Å². The van der Waals surface area contributed by atoms with E-state index in [1.54, 1.807) is 7.11 Å². The van der Waals surface area contributed by atoms with Gasteiger partial charge in [0.15, 0.2) is 0 Å². The number of benzene rings is 1. The SMILES string of the molecule is COC/C(=C\C(=O)O)c1ccc2c(c1)CCO2. The fraction of sp³-hybridized carbons (Fsp3) is 0.308. The summed E-state index contributed by atoms with van der Waals surface area (Å²) in [6.45, 7) is 0.979. The summed E-state index contributed by atoms with van der Waals surface area (Å²) in [6.07, 6.45) is 2.05. The zero-order chi connectivity index (χ0) is 12.3. The molecule has 2 rings (SSSR count). The molecule has 0 amide bonds. The standard InChI is InChI=1S/C13H14O4/c1-16-8-11(7-13(14)15)9-2-3-12-10(6-9)4-5-17-12/h2-3,6-7H,4-5,8H2,1H3,(H,14,15)/b11-7+. The van der Waals surface area contributed by atoms with Crippen LogP contribution in [-0.4, -0.2) is 31.4 Å². The molecule has 1 aliphatic heterocycles. The first kappa shape index (κ1) is 11.7. The molecule has 4 nitrogen and oxygen atoms in total. The van der Waals surface area contributed by atoms with Gasteiger partial charge in [-0.05, 0) is 28.8 Å². The quantitative estimate of drug-likeness (QED) is 0.806. The summed E-state index contributed by atoms with van der Waals surface area (Å²) in [5, 5.41) is 8.81. The van der Waals surface area contributed by atoms with Crippen LogP contribution in [0.15, 0.2) is 24.3 Å². The number of carboxylic acids is 1. The number of hydrogen-bond donors (Lipinski definition) is 1. The van der Waals surface area contributed by atoms with Crippen LogP contribution in [0, 0.1) is 0 Å². The van der Waals surface area contributed by atoms with E-state index in [0.29, 0.717) is 12.2 Å². The van der Waals surface area contributed by atoms with E-state index in [4.69, 9.17) is 14.6 Å². The van der Waals surface area contributed by atoms with E-state index < -0.39 is 5.97 Å². The van der Waals surface area contributed by atoms with E-state index in [1.807, 2.05) is 18.2 Å². The summed E-state index contributed by atoms with van der Waals surface area (Å²) in [7, 11) is 1.55. The molecule has 1 N–H and O–H groups in total. The average molecular weight is 234 g/mol. The van der Waals surface area contributed by atoms with Crippen molar-refractivity contribution in [2.45, 2.75) is 6.42 Å². The van der Waals surface area contributed by atoms with E-state index >= 15 is 0 Å². The maximum Gasteiger partial charge on any atom is 0.328 e. The normalized spacial score (nSPS) is 14.3. The van der Waals surface area contributed by atoms with Crippen molar-refractivity contribution in [2.75, 3.05) is 20.3 Å². The largest absolute Gasteiger partial charge is 0.493 e. The zero-order valence-electron chi connectivity index (χ0n) is 9.60. The van der Waals surface area contributed by atoms with Crippen molar-refractivity contribution < 1.29 is 19.4 Å². The van der Waals surface area contributed by atoms with Gasteiger partial charge in [-0.25, -0.2) is 4.79 Å². The average Bonchev–Trinajstić information content (AvgIpc) is 2.74. The lowest BCUT2D eigenvalue weighted by molar-refractivity contribution is -0.131. The van der Waals surface area contributed by atoms with Crippen molar-refractivity contribution >= 4 is 11.5 Å². The summed E-state index contributed by atoms with van der Waals surface area (Å²) < 4.78 is 10.4. The van der Waals surface area contributed by atoms with Crippen molar-refractivity contribution in [2.24, 2.45) is 0 Å². The first-order valence-electron chi connectivity index (χ1n) is 5.39. The molecule has 1 aromatic carbocycles. The van der Waals surface area contributed by atoms with Gasteiger partial charge in [-0.1, -0.05) is 6.07 Å². The van der Waals surface area contributed by atoms with E-state index in [-0.39, 0.29) is 6.61 Å². The first-order chi connectivity index (χ1) is 8.20. The molecular formula is C13H14O4. The first-order valence-corrected chi connectivity index (χ1v) is 5.39. The predicted octanol–water partition coefficient (Wildman–Crippen LogP) is 1.74. The number of carbonyl (C=O) groups is 1. The topological polar surface area (TPSA) is 55.8 Å². The molecule has 0 saturated carbocycles. The summed E-state index contributed by atoms with van der Waals surface area (Å²) in [6, 6.07) is 5.71. The van der Waals surface area contributed by atoms with Crippen molar-refractivity contribution in [3.8, 4) is 5.75 Å². The molecule has 0 aromatic heterocycles. The number of rotatable bonds is 4. The van der Waals surface area contributed by atoms with Crippen LogP contribution in [0.1, 0.15) is 11.1 Å². The van der Waals surface area contributed by atoms with Crippen molar-refractivity contribution in [1.29, 1.82) is 0 Å². The maximum absolute atomic E-state index is 10.7. The Balaban J connectivity index is 2.33. The third kappa shape index (κ3) is 2.65. The molecule has 1 heterocycles. The highest BCUT2D eigenvalue weighted by molar-refractivity contribution is 5.90. The van der Waals surface area contributed by atoms with Crippen LogP contribution in [0.2, 0.25) is 0 Å². The van der Waals surface area contributed by atoms with E-state index in [0.717, 1.165) is 23.3 Å². The zero-order valence-corrected chi connectivity index (χ0v) is 9.60. The van der Waals surface area contributed by atoms with Crippen LogP contribution >= 0.6 is 0 Å². The minimum Gasteiger partial charge on any atom is -0.493 e. The molecule has 4 heteroatoms. The van der Waals surface area contributed by atoms with Gasteiger partial charge in [-0.3, -0.25) is 0 Å². The van der Waals surface area contributed by atoms with Crippen molar-refractivity contribution in [1.82, 2.24) is 0 Å². The lowest BCUT2D eigenvalue weighted by Crippen LogP contribution is -1.99. The summed E-state index contributed by atoms with van der Waals surface area (Å²) in [5.41, 5.74) is 2.66. The van der Waals surface area contributed by atoms with Gasteiger partial charge in [0.1, 0.15) is 5.75 Å². The lowest BCUT2D eigenvalue weighted by atomic mass is 10.0. The Hall–Kier alpha value is -1.81. The van der Waals surface area contributed by atoms with Crippen LogP contribution in [0.5, 0.6) is 5.75 Å². The molecule has 0 unspecified atom stereocenters. The van der Waals surface area contributed by atoms with Crippen LogP contribution in [-0.2, 0) is 16.0 Å². The fourth-order valence-electron chi connectivity index (χ4n) is 1.90. The fourth-order valence-corrected chi connectivity index (χ4v) is 1.90. The Morgan fingerprint density at radius 2 is 2.41 bits per heavy atom. The molecule has 0 aliphatic carbocycles. The van der Waals surface area contributed by atoms with Crippen LogP contribution in [0.3, 0.4) is 0 Å². The highest BCUT2D eigenvalue weighted by Gasteiger charge is 2.13. The molecule has 0 radical (unpaired) electrons. The van der Waals surface area contributed by atoms with Gasteiger partial charge < -0.3 is 14.6 Å². The maximum atomic E-state index is 10.7. The van der Waals surface area contributed by atoms with Gasteiger partial charge in [0, 0.05) is 19.6 Å². The Morgan fingerprint density at radius 1 is 1.59 bits per heavy atom. The van der Waals surface area contributed by atoms with Crippen LogP contribution in [0.4, 0.5) is 0 Å². The highest BCUT2D eigenvalue weighted by Crippen LogP contribution is 2.28. The lowest BCUT2D eigenvalue weighted by Gasteiger charge is -2.07. The number of methoxy groups -OCH3 is 1. The molecule has 1 aliphatic rings. The summed E-state index contributed by atoms with van der Waals surface area (Å²) in [4.78, 5) is 10.7. The Kier molecular flexibility index (Phi) is 3.44. The molecule has 90 valence electrons. The molecule has 1 aromatic rings. The van der Waals surface area contributed by atoms with E-state index in [1.165, 1.54) is 6.08 Å². The Morgan fingerprint density at radius 3 is 3.12 bits per heavy atom. The monoisotopic (exact) mass is 234 g/mol.